The van der Waals surface area contributed by atoms with Gasteiger partial charge in [-0.1, -0.05) is 112 Å². The van der Waals surface area contributed by atoms with Crippen LogP contribution in [0.15, 0.2) is 91.0 Å². The van der Waals surface area contributed by atoms with Crippen LogP contribution in [0.3, 0.4) is 0 Å². The highest BCUT2D eigenvalue weighted by Crippen LogP contribution is 2.36. The zero-order valence-electron chi connectivity index (χ0n) is 19.5. The van der Waals surface area contributed by atoms with Crippen LogP contribution in [0, 0.1) is 0 Å². The largest absolute Gasteiger partial charge is 0.445 e. The van der Waals surface area contributed by atoms with Crippen LogP contribution in [0.1, 0.15) is 26.3 Å². The average Bonchev–Trinajstić information content (AvgIpc) is 2.81. The molecule has 5 heteroatoms. The normalized spacial score (nSPS) is 11.8. The van der Waals surface area contributed by atoms with Gasteiger partial charge in [0.15, 0.2) is 0 Å². The summed E-state index contributed by atoms with van der Waals surface area (Å²) < 4.78 is 12.3. The third-order valence-electron chi connectivity index (χ3n) is 5.68. The summed E-state index contributed by atoms with van der Waals surface area (Å²) >= 11 is 0. The molecule has 3 rings (SSSR count). The molecule has 3 aromatic carbocycles. The Morgan fingerprint density at radius 1 is 0.812 bits per heavy atom. The predicted molar refractivity (Wildman–Crippen MR) is 133 cm³/mol. The first-order valence-corrected chi connectivity index (χ1v) is 12.9. The van der Waals surface area contributed by atoms with Crippen LogP contribution in [0.5, 0.6) is 0 Å². The Hall–Kier alpha value is -2.89. The lowest BCUT2D eigenvalue weighted by atomic mass is 10.2. The zero-order chi connectivity index (χ0) is 23.0. The highest BCUT2D eigenvalue weighted by Gasteiger charge is 2.50. The average molecular weight is 448 g/mol. The van der Waals surface area contributed by atoms with Crippen molar-refractivity contribution in [1.82, 2.24) is 4.90 Å². The number of benzene rings is 3. The van der Waals surface area contributed by atoms with Gasteiger partial charge in [0.25, 0.3) is 8.32 Å². The smallest absolute Gasteiger partial charge is 0.409 e. The van der Waals surface area contributed by atoms with Crippen molar-refractivity contribution in [3.05, 3.63) is 96.6 Å². The van der Waals surface area contributed by atoms with Crippen molar-refractivity contribution in [2.75, 3.05) is 20.2 Å². The van der Waals surface area contributed by atoms with Crippen LogP contribution in [-0.4, -0.2) is 39.5 Å². The maximum Gasteiger partial charge on any atom is 0.409 e. The van der Waals surface area contributed by atoms with E-state index in [4.69, 9.17) is 9.16 Å². The van der Waals surface area contributed by atoms with Gasteiger partial charge in [0.1, 0.15) is 6.61 Å². The Kier molecular flexibility index (Phi) is 7.88. The van der Waals surface area contributed by atoms with E-state index in [1.165, 1.54) is 10.4 Å². The van der Waals surface area contributed by atoms with Gasteiger partial charge >= 0.3 is 6.09 Å². The molecule has 0 N–H and O–H groups in total. The van der Waals surface area contributed by atoms with E-state index in [2.05, 4.69) is 69.3 Å². The van der Waals surface area contributed by atoms with Crippen molar-refractivity contribution in [2.24, 2.45) is 0 Å². The summed E-state index contributed by atoms with van der Waals surface area (Å²) in [6.45, 7) is 7.90. The minimum atomic E-state index is -2.60. The Morgan fingerprint density at radius 3 is 1.75 bits per heavy atom. The van der Waals surface area contributed by atoms with Gasteiger partial charge < -0.3 is 14.1 Å². The number of ether oxygens (including phenoxy) is 1. The SMILES string of the molecule is CN(CCO[Si](c1ccccc1)(c1ccccc1)C(C)(C)C)C(=O)OCc1ccccc1. The van der Waals surface area contributed by atoms with Crippen LogP contribution in [0.2, 0.25) is 5.04 Å². The molecule has 0 saturated heterocycles. The van der Waals surface area contributed by atoms with Crippen molar-refractivity contribution in [3.8, 4) is 0 Å². The molecule has 0 aromatic heterocycles. The van der Waals surface area contributed by atoms with E-state index in [1.54, 1.807) is 11.9 Å². The maximum absolute atomic E-state index is 12.5. The first-order chi connectivity index (χ1) is 15.3. The van der Waals surface area contributed by atoms with Crippen molar-refractivity contribution >= 4 is 24.8 Å². The topological polar surface area (TPSA) is 38.8 Å². The molecule has 0 aliphatic carbocycles. The number of hydrogen-bond acceptors (Lipinski definition) is 3. The fraction of sp³-hybridized carbons (Fsp3) is 0.296. The number of carbonyl (C=O) groups is 1. The Labute approximate surface area is 192 Å². The molecule has 0 unspecified atom stereocenters. The highest BCUT2D eigenvalue weighted by atomic mass is 28.4. The fourth-order valence-electron chi connectivity index (χ4n) is 4.02. The van der Waals surface area contributed by atoms with E-state index >= 15 is 0 Å². The molecular weight excluding hydrogens is 414 g/mol. The molecule has 32 heavy (non-hydrogen) atoms. The van der Waals surface area contributed by atoms with Gasteiger partial charge in [0, 0.05) is 13.6 Å². The molecule has 0 fully saturated rings. The number of likely N-dealkylation sites (N-methyl/N-ethyl adjacent to an activating group) is 1. The van der Waals surface area contributed by atoms with Gasteiger partial charge in [-0.3, -0.25) is 0 Å². The lowest BCUT2D eigenvalue weighted by Gasteiger charge is -2.43. The minimum Gasteiger partial charge on any atom is -0.445 e. The fourth-order valence-corrected chi connectivity index (χ4v) is 8.57. The quantitative estimate of drug-likeness (QED) is 0.464. The molecule has 0 aliphatic rings. The van der Waals surface area contributed by atoms with Crippen LogP contribution in [-0.2, 0) is 15.8 Å². The summed E-state index contributed by atoms with van der Waals surface area (Å²) in [5.74, 6) is 0. The first-order valence-electron chi connectivity index (χ1n) is 11.0. The molecule has 0 spiro atoms. The third-order valence-corrected chi connectivity index (χ3v) is 10.7. The first kappa shape index (κ1) is 23.8. The van der Waals surface area contributed by atoms with Crippen molar-refractivity contribution in [3.63, 3.8) is 0 Å². The second-order valence-corrected chi connectivity index (χ2v) is 13.3. The molecular formula is C27H33NO3Si. The lowest BCUT2D eigenvalue weighted by molar-refractivity contribution is 0.0988. The van der Waals surface area contributed by atoms with Crippen LogP contribution < -0.4 is 10.4 Å². The van der Waals surface area contributed by atoms with Crippen LogP contribution in [0.4, 0.5) is 4.79 Å². The van der Waals surface area contributed by atoms with Gasteiger partial charge in [0.05, 0.1) is 6.61 Å². The van der Waals surface area contributed by atoms with E-state index < -0.39 is 8.32 Å². The lowest BCUT2D eigenvalue weighted by Crippen LogP contribution is -2.67. The van der Waals surface area contributed by atoms with Crippen molar-refractivity contribution in [1.29, 1.82) is 0 Å². The van der Waals surface area contributed by atoms with Crippen LogP contribution >= 0.6 is 0 Å². The molecule has 1 amide bonds. The number of carbonyl (C=O) groups excluding carboxylic acids is 1. The van der Waals surface area contributed by atoms with E-state index in [0.717, 1.165) is 5.56 Å². The molecule has 3 aromatic rings. The maximum atomic E-state index is 12.5. The van der Waals surface area contributed by atoms with E-state index in [1.807, 2.05) is 42.5 Å². The second-order valence-electron chi connectivity index (χ2n) is 8.97. The van der Waals surface area contributed by atoms with Gasteiger partial charge in [-0.15, -0.1) is 0 Å². The van der Waals surface area contributed by atoms with Crippen molar-refractivity contribution < 1.29 is 14.0 Å². The standard InChI is InChI=1S/C27H33NO3Si/c1-27(2,3)32(24-16-10-6-11-17-24,25-18-12-7-13-19-25)31-21-20-28(4)26(29)30-22-23-14-8-5-9-15-23/h5-19H,20-22H2,1-4H3. The second kappa shape index (κ2) is 10.6. The highest BCUT2D eigenvalue weighted by molar-refractivity contribution is 6.99. The summed E-state index contributed by atoms with van der Waals surface area (Å²) in [6.07, 6.45) is -0.347. The molecule has 0 aliphatic heterocycles. The van der Waals surface area contributed by atoms with E-state index in [0.29, 0.717) is 13.2 Å². The Bertz CT molecular complexity index is 933. The summed E-state index contributed by atoms with van der Waals surface area (Å²) in [5.41, 5.74) is 0.970. The molecule has 0 radical (unpaired) electrons. The monoisotopic (exact) mass is 447 g/mol. The number of nitrogens with zero attached hydrogens (tertiary/aromatic N) is 1. The molecule has 0 saturated carbocycles. The summed E-state index contributed by atoms with van der Waals surface area (Å²) in [5, 5.41) is 2.36. The predicted octanol–water partition coefficient (Wildman–Crippen LogP) is 4.83. The third kappa shape index (κ3) is 5.47. The van der Waals surface area contributed by atoms with Gasteiger partial charge in [-0.05, 0) is 21.0 Å². The van der Waals surface area contributed by atoms with E-state index in [-0.39, 0.29) is 17.7 Å². The minimum absolute atomic E-state index is 0.0951. The Balaban J connectivity index is 1.74. The van der Waals surface area contributed by atoms with E-state index in [9.17, 15) is 4.79 Å². The summed E-state index contributed by atoms with van der Waals surface area (Å²) in [7, 11) is -0.849. The van der Waals surface area contributed by atoms with Crippen LogP contribution in [0.25, 0.3) is 0 Å². The number of hydrogen-bond donors (Lipinski definition) is 0. The molecule has 0 heterocycles. The summed E-state index contributed by atoms with van der Waals surface area (Å²) in [4.78, 5) is 14.1. The van der Waals surface area contributed by atoms with Gasteiger partial charge in [-0.25, -0.2) is 4.79 Å². The van der Waals surface area contributed by atoms with Gasteiger partial charge in [0.2, 0.25) is 0 Å². The number of amides is 1. The van der Waals surface area contributed by atoms with Crippen molar-refractivity contribution in [2.45, 2.75) is 32.4 Å². The molecule has 0 bridgehead atoms. The number of rotatable bonds is 8. The molecule has 4 nitrogen and oxygen atoms in total. The summed E-state index contributed by atoms with van der Waals surface area (Å²) in [6, 6.07) is 30.7. The zero-order valence-corrected chi connectivity index (χ0v) is 20.5. The molecule has 168 valence electrons. The Morgan fingerprint density at radius 2 is 1.28 bits per heavy atom. The van der Waals surface area contributed by atoms with Gasteiger partial charge in [-0.2, -0.15) is 0 Å². The molecule has 0 atom stereocenters.